The number of fused-ring (bicyclic) bond motifs is 1. The molecule has 0 amide bonds. The van der Waals surface area contributed by atoms with Gasteiger partial charge in [-0.3, -0.25) is 0 Å². The predicted octanol–water partition coefficient (Wildman–Crippen LogP) is 4.15. The van der Waals surface area contributed by atoms with E-state index in [0.717, 1.165) is 33.4 Å². The summed E-state index contributed by atoms with van der Waals surface area (Å²) >= 11 is 0. The van der Waals surface area contributed by atoms with Gasteiger partial charge in [-0.1, -0.05) is 30.3 Å². The average Bonchev–Trinajstić information content (AvgIpc) is 2.93. The van der Waals surface area contributed by atoms with Crippen LogP contribution in [0.3, 0.4) is 0 Å². The van der Waals surface area contributed by atoms with Gasteiger partial charge >= 0.3 is 7.12 Å². The SMILES string of the molecule is COc1ccc(CNc2nccc3ccc(B4OC(C)(C)C(C)(C)O4)cc23)cc1. The predicted molar refractivity (Wildman–Crippen MR) is 118 cm³/mol. The highest BCUT2D eigenvalue weighted by Gasteiger charge is 2.51. The fourth-order valence-electron chi connectivity index (χ4n) is 3.38. The van der Waals surface area contributed by atoms with E-state index in [9.17, 15) is 0 Å². The highest BCUT2D eigenvalue weighted by atomic mass is 16.7. The number of methoxy groups -OCH3 is 1. The average molecular weight is 390 g/mol. The summed E-state index contributed by atoms with van der Waals surface area (Å²) in [4.78, 5) is 4.56. The molecule has 1 aliphatic heterocycles. The van der Waals surface area contributed by atoms with Gasteiger partial charge < -0.3 is 19.4 Å². The second kappa shape index (κ2) is 7.36. The lowest BCUT2D eigenvalue weighted by Crippen LogP contribution is -2.41. The van der Waals surface area contributed by atoms with Gasteiger partial charge in [0.05, 0.1) is 18.3 Å². The number of ether oxygens (including phenoxy) is 1. The number of anilines is 1. The fourth-order valence-corrected chi connectivity index (χ4v) is 3.38. The summed E-state index contributed by atoms with van der Waals surface area (Å²) in [6.07, 6.45) is 1.83. The highest BCUT2D eigenvalue weighted by Crippen LogP contribution is 2.36. The van der Waals surface area contributed by atoms with Crippen molar-refractivity contribution in [3.05, 3.63) is 60.3 Å². The second-order valence-electron chi connectivity index (χ2n) is 8.43. The molecular weight excluding hydrogens is 363 g/mol. The molecule has 0 atom stereocenters. The summed E-state index contributed by atoms with van der Waals surface area (Å²) in [7, 11) is 1.28. The number of benzene rings is 2. The maximum atomic E-state index is 6.22. The third-order valence-corrected chi connectivity index (χ3v) is 5.93. The van der Waals surface area contributed by atoms with Crippen molar-refractivity contribution in [2.24, 2.45) is 0 Å². The number of nitrogens with one attached hydrogen (secondary N) is 1. The third kappa shape index (κ3) is 3.82. The summed E-state index contributed by atoms with van der Waals surface area (Å²) in [5.41, 5.74) is 1.43. The minimum absolute atomic E-state index is 0.364. The number of hydrogen-bond donors (Lipinski definition) is 1. The van der Waals surface area contributed by atoms with Crippen LogP contribution >= 0.6 is 0 Å². The Morgan fingerprint density at radius 3 is 2.31 bits per heavy atom. The lowest BCUT2D eigenvalue weighted by Gasteiger charge is -2.32. The van der Waals surface area contributed by atoms with Crippen LogP contribution in [0.15, 0.2) is 54.7 Å². The molecule has 1 fully saturated rings. The molecule has 2 heterocycles. The molecule has 0 radical (unpaired) electrons. The summed E-state index contributed by atoms with van der Waals surface area (Å²) < 4.78 is 17.7. The Morgan fingerprint density at radius 2 is 1.66 bits per heavy atom. The first-order valence-corrected chi connectivity index (χ1v) is 9.90. The van der Waals surface area contributed by atoms with Crippen LogP contribution in [-0.2, 0) is 15.9 Å². The van der Waals surface area contributed by atoms with E-state index >= 15 is 0 Å². The van der Waals surface area contributed by atoms with Gasteiger partial charge in [-0.2, -0.15) is 0 Å². The highest BCUT2D eigenvalue weighted by molar-refractivity contribution is 6.62. The topological polar surface area (TPSA) is 52.6 Å². The quantitative estimate of drug-likeness (QED) is 0.664. The van der Waals surface area contributed by atoms with E-state index in [4.69, 9.17) is 14.0 Å². The Labute approximate surface area is 172 Å². The van der Waals surface area contributed by atoms with E-state index in [-0.39, 0.29) is 18.3 Å². The smallest absolute Gasteiger partial charge is 0.494 e. The zero-order valence-corrected chi connectivity index (χ0v) is 17.7. The van der Waals surface area contributed by atoms with Crippen molar-refractivity contribution in [2.75, 3.05) is 12.4 Å². The van der Waals surface area contributed by atoms with Gasteiger partial charge in [0, 0.05) is 18.1 Å². The summed E-state index contributed by atoms with van der Waals surface area (Å²) in [6, 6.07) is 16.3. The maximum Gasteiger partial charge on any atom is 0.494 e. The first kappa shape index (κ1) is 19.7. The molecule has 1 saturated heterocycles. The Hall–Kier alpha value is -2.57. The number of rotatable bonds is 5. The monoisotopic (exact) mass is 390 g/mol. The van der Waals surface area contributed by atoms with Crippen molar-refractivity contribution < 1.29 is 14.0 Å². The van der Waals surface area contributed by atoms with E-state index in [2.05, 4.69) is 56.2 Å². The van der Waals surface area contributed by atoms with E-state index in [1.54, 1.807) is 7.11 Å². The molecule has 150 valence electrons. The van der Waals surface area contributed by atoms with Crippen LogP contribution in [0, 0.1) is 0 Å². The lowest BCUT2D eigenvalue weighted by molar-refractivity contribution is 0.00578. The molecule has 29 heavy (non-hydrogen) atoms. The van der Waals surface area contributed by atoms with Crippen LogP contribution in [0.4, 0.5) is 5.82 Å². The lowest BCUT2D eigenvalue weighted by atomic mass is 9.78. The van der Waals surface area contributed by atoms with Crippen molar-refractivity contribution in [3.8, 4) is 5.75 Å². The minimum atomic E-state index is -0.390. The molecule has 1 aliphatic rings. The summed E-state index contributed by atoms with van der Waals surface area (Å²) in [6.45, 7) is 8.95. The first-order chi connectivity index (χ1) is 13.8. The van der Waals surface area contributed by atoms with Crippen LogP contribution in [0.1, 0.15) is 33.3 Å². The van der Waals surface area contributed by atoms with Crippen molar-refractivity contribution in [1.82, 2.24) is 4.98 Å². The van der Waals surface area contributed by atoms with Crippen molar-refractivity contribution in [1.29, 1.82) is 0 Å². The molecule has 4 rings (SSSR count). The zero-order valence-electron chi connectivity index (χ0n) is 17.7. The maximum absolute atomic E-state index is 6.22. The molecule has 5 nitrogen and oxygen atoms in total. The number of aromatic nitrogens is 1. The molecule has 6 heteroatoms. The minimum Gasteiger partial charge on any atom is -0.497 e. The molecule has 0 spiro atoms. The van der Waals surface area contributed by atoms with Gasteiger partial charge in [0.15, 0.2) is 0 Å². The first-order valence-electron chi connectivity index (χ1n) is 9.90. The largest absolute Gasteiger partial charge is 0.497 e. The van der Waals surface area contributed by atoms with E-state index in [0.29, 0.717) is 6.54 Å². The molecule has 1 N–H and O–H groups in total. The zero-order chi connectivity index (χ0) is 20.6. The fraction of sp³-hybridized carbons (Fsp3) is 0.348. The van der Waals surface area contributed by atoms with Gasteiger partial charge in [0.1, 0.15) is 11.6 Å². The van der Waals surface area contributed by atoms with Crippen LogP contribution in [0.2, 0.25) is 0 Å². The van der Waals surface area contributed by atoms with Crippen molar-refractivity contribution >= 4 is 29.2 Å². The molecule has 0 aliphatic carbocycles. The molecule has 1 aromatic heterocycles. The summed E-state index contributed by atoms with van der Waals surface area (Å²) in [5, 5.41) is 5.63. The number of hydrogen-bond acceptors (Lipinski definition) is 5. The molecular formula is C23H27BN2O3. The van der Waals surface area contributed by atoms with Gasteiger partial charge in [-0.05, 0) is 62.3 Å². The Kier molecular flexibility index (Phi) is 5.01. The normalized spacial score (nSPS) is 17.5. The number of nitrogens with zero attached hydrogens (tertiary/aromatic N) is 1. The number of pyridine rings is 1. The van der Waals surface area contributed by atoms with Gasteiger partial charge in [0.25, 0.3) is 0 Å². The molecule has 3 aromatic rings. The molecule has 2 aromatic carbocycles. The van der Waals surface area contributed by atoms with E-state index < -0.39 is 0 Å². The van der Waals surface area contributed by atoms with Crippen molar-refractivity contribution in [3.63, 3.8) is 0 Å². The van der Waals surface area contributed by atoms with Crippen LogP contribution in [0.5, 0.6) is 5.75 Å². The van der Waals surface area contributed by atoms with Gasteiger partial charge in [-0.25, -0.2) is 4.98 Å². The van der Waals surface area contributed by atoms with Crippen LogP contribution in [-0.4, -0.2) is 30.4 Å². The Morgan fingerprint density at radius 1 is 0.966 bits per heavy atom. The molecule has 0 bridgehead atoms. The molecule has 0 unspecified atom stereocenters. The van der Waals surface area contributed by atoms with Crippen LogP contribution < -0.4 is 15.5 Å². The Balaban J connectivity index is 1.59. The van der Waals surface area contributed by atoms with Crippen molar-refractivity contribution in [2.45, 2.75) is 45.4 Å². The van der Waals surface area contributed by atoms with Crippen LogP contribution in [0.25, 0.3) is 10.8 Å². The molecule has 0 saturated carbocycles. The van der Waals surface area contributed by atoms with E-state index in [1.165, 1.54) is 0 Å². The standard InChI is InChI=1S/C23H27BN2O3/c1-22(2)23(3,4)29-24(28-22)18-9-8-17-12-13-25-21(20(17)14-18)26-15-16-6-10-19(27-5)11-7-16/h6-14H,15H2,1-5H3,(H,25,26). The third-order valence-electron chi connectivity index (χ3n) is 5.93. The Bertz CT molecular complexity index is 1000. The summed E-state index contributed by atoms with van der Waals surface area (Å²) in [5.74, 6) is 1.70. The van der Waals surface area contributed by atoms with Gasteiger partial charge in [0.2, 0.25) is 0 Å². The second-order valence-corrected chi connectivity index (χ2v) is 8.43. The van der Waals surface area contributed by atoms with E-state index in [1.807, 2.05) is 36.5 Å². The van der Waals surface area contributed by atoms with Gasteiger partial charge in [-0.15, -0.1) is 0 Å².